The number of hydrogen-bond acceptors (Lipinski definition) is 2. The van der Waals surface area contributed by atoms with E-state index in [-0.39, 0.29) is 5.54 Å². The zero-order chi connectivity index (χ0) is 12.7. The van der Waals surface area contributed by atoms with Crippen LogP contribution in [-0.2, 0) is 4.74 Å². The molecule has 0 rings (SSSR count). The zero-order valence-corrected chi connectivity index (χ0v) is 12.2. The third kappa shape index (κ3) is 10.4. The van der Waals surface area contributed by atoms with Crippen molar-refractivity contribution in [3.05, 3.63) is 0 Å². The van der Waals surface area contributed by atoms with Gasteiger partial charge in [-0.1, -0.05) is 34.1 Å². The summed E-state index contributed by atoms with van der Waals surface area (Å²) in [6.45, 7) is 16.3. The van der Waals surface area contributed by atoms with E-state index in [1.807, 2.05) is 0 Å². The lowest BCUT2D eigenvalue weighted by Gasteiger charge is -2.33. The minimum atomic E-state index is 0.201. The topological polar surface area (TPSA) is 21.3 Å². The Hall–Kier alpha value is -0.0800. The maximum Gasteiger partial charge on any atom is 0.0591 e. The second-order valence-electron chi connectivity index (χ2n) is 6.51. The molecule has 0 spiro atoms. The van der Waals surface area contributed by atoms with Crippen LogP contribution >= 0.6 is 0 Å². The lowest BCUT2D eigenvalue weighted by Crippen LogP contribution is -2.43. The van der Waals surface area contributed by atoms with Gasteiger partial charge in [0.2, 0.25) is 0 Å². The average Bonchev–Trinajstić information content (AvgIpc) is 2.06. The van der Waals surface area contributed by atoms with Crippen molar-refractivity contribution in [1.29, 1.82) is 0 Å². The highest BCUT2D eigenvalue weighted by atomic mass is 16.5. The van der Waals surface area contributed by atoms with Crippen molar-refractivity contribution in [3.8, 4) is 0 Å². The lowest BCUT2D eigenvalue weighted by molar-refractivity contribution is 0.122. The van der Waals surface area contributed by atoms with E-state index < -0.39 is 0 Å². The van der Waals surface area contributed by atoms with Crippen LogP contribution in [0.4, 0.5) is 0 Å². The molecule has 0 bridgehead atoms. The SMILES string of the molecule is CCCCOCCNC(C)(C)CC(C)(C)C. The molecule has 0 unspecified atom stereocenters. The van der Waals surface area contributed by atoms with Gasteiger partial charge in [-0.3, -0.25) is 0 Å². The molecule has 0 atom stereocenters. The molecule has 0 saturated carbocycles. The van der Waals surface area contributed by atoms with Crippen molar-refractivity contribution >= 4 is 0 Å². The first-order valence-electron chi connectivity index (χ1n) is 6.60. The highest BCUT2D eigenvalue weighted by Crippen LogP contribution is 2.26. The average molecular weight is 229 g/mol. The monoisotopic (exact) mass is 229 g/mol. The van der Waals surface area contributed by atoms with Crippen LogP contribution < -0.4 is 5.32 Å². The molecule has 0 aliphatic rings. The van der Waals surface area contributed by atoms with E-state index in [9.17, 15) is 0 Å². The first-order valence-corrected chi connectivity index (χ1v) is 6.60. The van der Waals surface area contributed by atoms with Crippen molar-refractivity contribution in [1.82, 2.24) is 5.32 Å². The predicted molar refractivity (Wildman–Crippen MR) is 71.9 cm³/mol. The number of nitrogens with one attached hydrogen (secondary N) is 1. The third-order valence-electron chi connectivity index (χ3n) is 2.46. The minimum absolute atomic E-state index is 0.201. The Kier molecular flexibility index (Phi) is 7.25. The summed E-state index contributed by atoms with van der Waals surface area (Å²) in [7, 11) is 0. The van der Waals surface area contributed by atoms with E-state index in [1.165, 1.54) is 19.3 Å². The molecule has 16 heavy (non-hydrogen) atoms. The first kappa shape index (κ1) is 15.9. The molecule has 0 aromatic rings. The molecular weight excluding hydrogens is 198 g/mol. The van der Waals surface area contributed by atoms with E-state index in [0.717, 1.165) is 19.8 Å². The number of unbranched alkanes of at least 4 members (excludes halogenated alkanes) is 1. The molecule has 0 heterocycles. The van der Waals surface area contributed by atoms with E-state index in [4.69, 9.17) is 4.74 Å². The van der Waals surface area contributed by atoms with E-state index in [0.29, 0.717) is 5.41 Å². The zero-order valence-electron chi connectivity index (χ0n) is 12.2. The summed E-state index contributed by atoms with van der Waals surface area (Å²) in [6.07, 6.45) is 3.56. The Balaban J connectivity index is 3.58. The van der Waals surface area contributed by atoms with Crippen molar-refractivity contribution in [2.24, 2.45) is 5.41 Å². The van der Waals surface area contributed by atoms with Gasteiger partial charge in [0.15, 0.2) is 0 Å². The molecule has 98 valence electrons. The minimum Gasteiger partial charge on any atom is -0.380 e. The van der Waals surface area contributed by atoms with Gasteiger partial charge < -0.3 is 10.1 Å². The molecule has 2 nitrogen and oxygen atoms in total. The van der Waals surface area contributed by atoms with Gasteiger partial charge in [-0.2, -0.15) is 0 Å². The molecule has 0 radical (unpaired) electrons. The molecule has 2 heteroatoms. The van der Waals surface area contributed by atoms with Crippen LogP contribution in [0.15, 0.2) is 0 Å². The Labute approximate surface area is 102 Å². The Morgan fingerprint density at radius 2 is 1.62 bits per heavy atom. The molecule has 1 N–H and O–H groups in total. The highest BCUT2D eigenvalue weighted by molar-refractivity contribution is 4.82. The molecule has 0 amide bonds. The standard InChI is InChI=1S/C14H31NO/c1-7-8-10-16-11-9-15-14(5,6)12-13(2,3)4/h15H,7-12H2,1-6H3. The number of hydrogen-bond donors (Lipinski definition) is 1. The lowest BCUT2D eigenvalue weighted by atomic mass is 9.82. The summed E-state index contributed by atoms with van der Waals surface area (Å²) in [5.41, 5.74) is 0.575. The summed E-state index contributed by atoms with van der Waals surface area (Å²) in [6, 6.07) is 0. The Morgan fingerprint density at radius 1 is 1.00 bits per heavy atom. The maximum absolute atomic E-state index is 5.54. The third-order valence-corrected chi connectivity index (χ3v) is 2.46. The summed E-state index contributed by atoms with van der Waals surface area (Å²) in [4.78, 5) is 0. The second kappa shape index (κ2) is 7.29. The predicted octanol–water partition coefficient (Wildman–Crippen LogP) is 3.61. The van der Waals surface area contributed by atoms with Crippen LogP contribution in [0.3, 0.4) is 0 Å². The van der Waals surface area contributed by atoms with Gasteiger partial charge >= 0.3 is 0 Å². The van der Waals surface area contributed by atoms with Crippen LogP contribution in [0.25, 0.3) is 0 Å². The molecule has 0 fully saturated rings. The quantitative estimate of drug-likeness (QED) is 0.642. The van der Waals surface area contributed by atoms with Crippen LogP contribution in [0, 0.1) is 5.41 Å². The van der Waals surface area contributed by atoms with Gasteiger partial charge in [-0.05, 0) is 32.1 Å². The smallest absolute Gasteiger partial charge is 0.0591 e. The largest absolute Gasteiger partial charge is 0.380 e. The van der Waals surface area contributed by atoms with Gasteiger partial charge in [0.25, 0.3) is 0 Å². The maximum atomic E-state index is 5.54. The van der Waals surface area contributed by atoms with Crippen LogP contribution in [0.5, 0.6) is 0 Å². The molecule has 0 aliphatic heterocycles. The van der Waals surface area contributed by atoms with Crippen molar-refractivity contribution in [2.75, 3.05) is 19.8 Å². The first-order chi connectivity index (χ1) is 7.27. The van der Waals surface area contributed by atoms with Crippen LogP contribution in [0.2, 0.25) is 0 Å². The van der Waals surface area contributed by atoms with Crippen LogP contribution in [-0.4, -0.2) is 25.3 Å². The summed E-state index contributed by atoms with van der Waals surface area (Å²) >= 11 is 0. The number of rotatable bonds is 8. The fraction of sp³-hybridized carbons (Fsp3) is 1.00. The van der Waals surface area contributed by atoms with Gasteiger partial charge in [0, 0.05) is 18.7 Å². The van der Waals surface area contributed by atoms with Crippen LogP contribution in [0.1, 0.15) is 60.8 Å². The second-order valence-corrected chi connectivity index (χ2v) is 6.51. The van der Waals surface area contributed by atoms with E-state index >= 15 is 0 Å². The van der Waals surface area contributed by atoms with Crippen molar-refractivity contribution in [3.63, 3.8) is 0 Å². The molecule has 0 saturated heterocycles. The summed E-state index contributed by atoms with van der Waals surface area (Å²) in [5.74, 6) is 0. The van der Waals surface area contributed by atoms with Gasteiger partial charge in [-0.15, -0.1) is 0 Å². The van der Waals surface area contributed by atoms with Gasteiger partial charge in [-0.25, -0.2) is 0 Å². The highest BCUT2D eigenvalue weighted by Gasteiger charge is 2.24. The van der Waals surface area contributed by atoms with Gasteiger partial charge in [0.1, 0.15) is 0 Å². The van der Waals surface area contributed by atoms with Crippen molar-refractivity contribution < 1.29 is 4.74 Å². The summed E-state index contributed by atoms with van der Waals surface area (Å²) in [5, 5.41) is 3.57. The molecular formula is C14H31NO. The Morgan fingerprint density at radius 3 is 2.12 bits per heavy atom. The molecule has 0 aliphatic carbocycles. The fourth-order valence-electron chi connectivity index (χ4n) is 2.20. The normalized spacial score (nSPS) is 13.1. The van der Waals surface area contributed by atoms with E-state index in [2.05, 4.69) is 46.9 Å². The summed E-state index contributed by atoms with van der Waals surface area (Å²) < 4.78 is 5.54. The molecule has 0 aromatic heterocycles. The van der Waals surface area contributed by atoms with Gasteiger partial charge in [0.05, 0.1) is 6.61 Å². The molecule has 0 aromatic carbocycles. The van der Waals surface area contributed by atoms with Crippen molar-refractivity contribution in [2.45, 2.75) is 66.3 Å². The number of ether oxygens (including phenoxy) is 1. The fourth-order valence-corrected chi connectivity index (χ4v) is 2.20. The van der Waals surface area contributed by atoms with E-state index in [1.54, 1.807) is 0 Å². The Bertz CT molecular complexity index is 170.